The SMILES string of the molecule is CCn1c(CNC(=O)CSCc2nnnn2C(C)C)nc2ccccc21. The van der Waals surface area contributed by atoms with Crippen LogP contribution in [-0.4, -0.2) is 41.4 Å². The highest BCUT2D eigenvalue weighted by molar-refractivity contribution is 7.99. The standard InChI is InChI=1S/C17H23N7OS/c1-4-23-14-8-6-5-7-13(14)19-15(23)9-18-17(25)11-26-10-16-20-21-22-24(16)12(2)3/h5-8,12H,4,9-11H2,1-3H3,(H,18,25). The lowest BCUT2D eigenvalue weighted by Gasteiger charge is -2.09. The molecule has 0 aliphatic heterocycles. The maximum atomic E-state index is 12.2. The summed E-state index contributed by atoms with van der Waals surface area (Å²) in [6, 6.07) is 8.21. The van der Waals surface area contributed by atoms with Crippen molar-refractivity contribution in [1.29, 1.82) is 0 Å². The van der Waals surface area contributed by atoms with E-state index < -0.39 is 0 Å². The van der Waals surface area contributed by atoms with E-state index in [4.69, 9.17) is 0 Å². The van der Waals surface area contributed by atoms with Crippen molar-refractivity contribution in [1.82, 2.24) is 35.1 Å². The first-order valence-electron chi connectivity index (χ1n) is 8.65. The van der Waals surface area contributed by atoms with Crippen LogP contribution in [0.3, 0.4) is 0 Å². The third kappa shape index (κ3) is 4.04. The summed E-state index contributed by atoms with van der Waals surface area (Å²) in [6.45, 7) is 7.37. The van der Waals surface area contributed by atoms with Crippen LogP contribution < -0.4 is 5.32 Å². The Morgan fingerprint density at radius 3 is 2.85 bits per heavy atom. The molecule has 0 fully saturated rings. The first kappa shape index (κ1) is 18.4. The van der Waals surface area contributed by atoms with E-state index in [9.17, 15) is 4.79 Å². The van der Waals surface area contributed by atoms with Gasteiger partial charge in [-0.15, -0.1) is 16.9 Å². The van der Waals surface area contributed by atoms with Gasteiger partial charge in [0.15, 0.2) is 5.82 Å². The van der Waals surface area contributed by atoms with Gasteiger partial charge in [0.1, 0.15) is 5.82 Å². The number of carbonyl (C=O) groups excluding carboxylic acids is 1. The Morgan fingerprint density at radius 1 is 1.27 bits per heavy atom. The lowest BCUT2D eigenvalue weighted by Crippen LogP contribution is -2.26. The van der Waals surface area contributed by atoms with E-state index in [0.29, 0.717) is 18.1 Å². The average Bonchev–Trinajstić information content (AvgIpc) is 3.23. The van der Waals surface area contributed by atoms with Crippen molar-refractivity contribution in [3.05, 3.63) is 35.9 Å². The van der Waals surface area contributed by atoms with Crippen molar-refractivity contribution in [2.45, 2.75) is 45.7 Å². The van der Waals surface area contributed by atoms with Crippen molar-refractivity contribution in [3.63, 3.8) is 0 Å². The molecule has 0 atom stereocenters. The molecule has 0 spiro atoms. The number of benzene rings is 1. The van der Waals surface area contributed by atoms with E-state index in [-0.39, 0.29) is 11.9 Å². The summed E-state index contributed by atoms with van der Waals surface area (Å²) in [4.78, 5) is 16.8. The van der Waals surface area contributed by atoms with Crippen LogP contribution in [0, 0.1) is 0 Å². The van der Waals surface area contributed by atoms with E-state index >= 15 is 0 Å². The fourth-order valence-electron chi connectivity index (χ4n) is 2.79. The first-order chi connectivity index (χ1) is 12.6. The van der Waals surface area contributed by atoms with Crippen molar-refractivity contribution >= 4 is 28.7 Å². The zero-order valence-corrected chi connectivity index (χ0v) is 16.0. The minimum atomic E-state index is -0.0201. The van der Waals surface area contributed by atoms with Gasteiger partial charge < -0.3 is 9.88 Å². The fraction of sp³-hybridized carbons (Fsp3) is 0.471. The average molecular weight is 373 g/mol. The van der Waals surface area contributed by atoms with Crippen molar-refractivity contribution in [3.8, 4) is 0 Å². The molecule has 0 saturated heterocycles. The van der Waals surface area contributed by atoms with Crippen molar-refractivity contribution in [2.75, 3.05) is 5.75 Å². The lowest BCUT2D eigenvalue weighted by atomic mass is 10.3. The number of aryl methyl sites for hydroxylation is 1. The Labute approximate surface area is 156 Å². The Morgan fingerprint density at radius 2 is 2.08 bits per heavy atom. The second kappa shape index (κ2) is 8.31. The van der Waals surface area contributed by atoms with Gasteiger partial charge in [0, 0.05) is 6.54 Å². The molecule has 1 N–H and O–H groups in total. The third-order valence-corrected chi connectivity index (χ3v) is 4.94. The summed E-state index contributed by atoms with van der Waals surface area (Å²) < 4.78 is 3.90. The predicted octanol–water partition coefficient (Wildman–Crippen LogP) is 2.17. The highest BCUT2D eigenvalue weighted by atomic mass is 32.2. The number of thioether (sulfide) groups is 1. The van der Waals surface area contributed by atoms with E-state index in [1.807, 2.05) is 38.1 Å². The topological polar surface area (TPSA) is 90.5 Å². The summed E-state index contributed by atoms with van der Waals surface area (Å²) in [5.74, 6) is 2.60. The fourth-order valence-corrected chi connectivity index (χ4v) is 3.55. The molecule has 8 nitrogen and oxygen atoms in total. The van der Waals surface area contributed by atoms with E-state index in [1.54, 1.807) is 4.68 Å². The predicted molar refractivity (Wildman–Crippen MR) is 102 cm³/mol. The molecule has 2 heterocycles. The molecule has 1 aromatic carbocycles. The molecular weight excluding hydrogens is 350 g/mol. The largest absolute Gasteiger partial charge is 0.348 e. The van der Waals surface area contributed by atoms with E-state index in [0.717, 1.165) is 29.2 Å². The van der Waals surface area contributed by atoms with Crippen molar-refractivity contribution < 1.29 is 4.79 Å². The molecule has 3 rings (SSSR count). The number of nitrogens with zero attached hydrogens (tertiary/aromatic N) is 6. The number of imidazole rings is 1. The molecule has 138 valence electrons. The van der Waals surface area contributed by atoms with Crippen LogP contribution in [0.15, 0.2) is 24.3 Å². The summed E-state index contributed by atoms with van der Waals surface area (Å²) in [6.07, 6.45) is 0. The molecule has 0 aliphatic rings. The number of fused-ring (bicyclic) bond motifs is 1. The van der Waals surface area contributed by atoms with Gasteiger partial charge in [0.2, 0.25) is 5.91 Å². The molecule has 0 unspecified atom stereocenters. The van der Waals surface area contributed by atoms with Crippen LogP contribution in [0.1, 0.15) is 38.5 Å². The van der Waals surface area contributed by atoms with Gasteiger partial charge in [0.05, 0.1) is 35.1 Å². The third-order valence-electron chi connectivity index (χ3n) is 4.01. The van der Waals surface area contributed by atoms with Gasteiger partial charge in [-0.25, -0.2) is 9.67 Å². The number of aromatic nitrogens is 6. The molecule has 26 heavy (non-hydrogen) atoms. The highest BCUT2D eigenvalue weighted by Crippen LogP contribution is 2.16. The minimum Gasteiger partial charge on any atom is -0.348 e. The molecule has 0 saturated carbocycles. The number of amides is 1. The monoisotopic (exact) mass is 373 g/mol. The van der Waals surface area contributed by atoms with Crippen LogP contribution in [0.5, 0.6) is 0 Å². The highest BCUT2D eigenvalue weighted by Gasteiger charge is 2.12. The first-order valence-corrected chi connectivity index (χ1v) is 9.81. The number of hydrogen-bond acceptors (Lipinski definition) is 6. The van der Waals surface area contributed by atoms with Crippen LogP contribution in [0.25, 0.3) is 11.0 Å². The van der Waals surface area contributed by atoms with E-state index in [2.05, 4.69) is 37.3 Å². The summed E-state index contributed by atoms with van der Waals surface area (Å²) >= 11 is 1.50. The van der Waals surface area contributed by atoms with Crippen LogP contribution in [-0.2, 0) is 23.6 Å². The molecule has 1 amide bonds. The van der Waals surface area contributed by atoms with Crippen LogP contribution in [0.4, 0.5) is 0 Å². The van der Waals surface area contributed by atoms with Gasteiger partial charge in [0.25, 0.3) is 0 Å². The number of para-hydroxylation sites is 2. The number of hydrogen-bond donors (Lipinski definition) is 1. The molecule has 3 aromatic rings. The maximum Gasteiger partial charge on any atom is 0.230 e. The molecule has 0 radical (unpaired) electrons. The van der Waals surface area contributed by atoms with Crippen LogP contribution >= 0.6 is 11.8 Å². The Hall–Kier alpha value is -2.42. The second-order valence-corrected chi connectivity index (χ2v) is 7.15. The zero-order valence-electron chi connectivity index (χ0n) is 15.2. The zero-order chi connectivity index (χ0) is 18.5. The second-order valence-electron chi connectivity index (χ2n) is 6.16. The number of carbonyl (C=O) groups is 1. The smallest absolute Gasteiger partial charge is 0.230 e. The Kier molecular flexibility index (Phi) is 5.87. The molecule has 2 aromatic heterocycles. The van der Waals surface area contributed by atoms with Gasteiger partial charge in [-0.2, -0.15) is 0 Å². The van der Waals surface area contributed by atoms with Gasteiger partial charge >= 0.3 is 0 Å². The molecule has 0 bridgehead atoms. The number of rotatable bonds is 8. The molecular formula is C17H23N7OS. The number of tetrazole rings is 1. The van der Waals surface area contributed by atoms with Crippen molar-refractivity contribution in [2.24, 2.45) is 0 Å². The summed E-state index contributed by atoms with van der Waals surface area (Å²) in [5.41, 5.74) is 2.04. The quantitative estimate of drug-likeness (QED) is 0.651. The van der Waals surface area contributed by atoms with Gasteiger partial charge in [-0.3, -0.25) is 4.79 Å². The Bertz CT molecular complexity index is 886. The summed E-state index contributed by atoms with van der Waals surface area (Å²) in [7, 11) is 0. The lowest BCUT2D eigenvalue weighted by molar-refractivity contribution is -0.118. The van der Waals surface area contributed by atoms with Gasteiger partial charge in [-0.05, 0) is 43.3 Å². The molecule has 0 aliphatic carbocycles. The normalized spacial score (nSPS) is 11.4. The number of nitrogens with one attached hydrogen (secondary N) is 1. The van der Waals surface area contributed by atoms with E-state index in [1.165, 1.54) is 11.8 Å². The van der Waals surface area contributed by atoms with Crippen LogP contribution in [0.2, 0.25) is 0 Å². The Balaban J connectivity index is 1.52. The molecule has 9 heteroatoms. The maximum absolute atomic E-state index is 12.2. The summed E-state index contributed by atoms with van der Waals surface area (Å²) in [5, 5.41) is 14.6. The van der Waals surface area contributed by atoms with Gasteiger partial charge in [-0.1, -0.05) is 12.1 Å². The minimum absolute atomic E-state index is 0.0201.